The predicted octanol–water partition coefficient (Wildman–Crippen LogP) is 4.81. The lowest BCUT2D eigenvalue weighted by molar-refractivity contribution is 0.0729. The standard InChI is InChI=1S/C24H31NO4/c1-24(2,3)18-9-7-17(8-10-18)23(26)25(19-11-12-19)15-16-13-20(27-4)22(29-6)21(14-16)28-5/h7-10,13-14,19H,11-12,15H2,1-6H3. The highest BCUT2D eigenvalue weighted by Gasteiger charge is 2.33. The van der Waals surface area contributed by atoms with Crippen LogP contribution in [0.3, 0.4) is 0 Å². The van der Waals surface area contributed by atoms with E-state index in [1.807, 2.05) is 29.2 Å². The molecule has 0 aliphatic heterocycles. The lowest BCUT2D eigenvalue weighted by Gasteiger charge is -2.24. The van der Waals surface area contributed by atoms with Gasteiger partial charge < -0.3 is 19.1 Å². The zero-order valence-corrected chi connectivity index (χ0v) is 18.2. The summed E-state index contributed by atoms with van der Waals surface area (Å²) in [5.74, 6) is 1.81. The van der Waals surface area contributed by atoms with Crippen LogP contribution in [0.4, 0.5) is 0 Å². The monoisotopic (exact) mass is 397 g/mol. The van der Waals surface area contributed by atoms with Gasteiger partial charge in [0.15, 0.2) is 11.5 Å². The molecule has 1 aliphatic carbocycles. The van der Waals surface area contributed by atoms with E-state index >= 15 is 0 Å². The third-order valence-electron chi connectivity index (χ3n) is 5.32. The smallest absolute Gasteiger partial charge is 0.254 e. The van der Waals surface area contributed by atoms with Gasteiger partial charge in [0, 0.05) is 18.2 Å². The number of carbonyl (C=O) groups is 1. The van der Waals surface area contributed by atoms with E-state index < -0.39 is 0 Å². The first-order chi connectivity index (χ1) is 13.8. The molecule has 1 amide bonds. The maximum Gasteiger partial charge on any atom is 0.254 e. The van der Waals surface area contributed by atoms with Crippen molar-refractivity contribution in [3.63, 3.8) is 0 Å². The van der Waals surface area contributed by atoms with Crippen molar-refractivity contribution in [2.45, 2.75) is 51.6 Å². The van der Waals surface area contributed by atoms with Gasteiger partial charge in [-0.15, -0.1) is 0 Å². The molecule has 0 radical (unpaired) electrons. The molecular weight excluding hydrogens is 366 g/mol. The van der Waals surface area contributed by atoms with Gasteiger partial charge in [-0.25, -0.2) is 0 Å². The summed E-state index contributed by atoms with van der Waals surface area (Å²) in [7, 11) is 4.78. The average Bonchev–Trinajstić information content (AvgIpc) is 3.55. The Morgan fingerprint density at radius 3 is 1.93 bits per heavy atom. The molecule has 5 nitrogen and oxygen atoms in total. The summed E-state index contributed by atoms with van der Waals surface area (Å²) in [6.45, 7) is 7.02. The normalized spacial score (nSPS) is 13.7. The third kappa shape index (κ3) is 4.66. The molecule has 1 saturated carbocycles. The van der Waals surface area contributed by atoms with Crippen LogP contribution in [0.2, 0.25) is 0 Å². The van der Waals surface area contributed by atoms with Crippen LogP contribution in [-0.2, 0) is 12.0 Å². The molecule has 1 fully saturated rings. The summed E-state index contributed by atoms with van der Waals surface area (Å²) in [6.07, 6.45) is 2.08. The second kappa shape index (κ2) is 8.36. The van der Waals surface area contributed by atoms with Gasteiger partial charge in [0.2, 0.25) is 5.75 Å². The molecule has 2 aromatic carbocycles. The van der Waals surface area contributed by atoms with Crippen LogP contribution >= 0.6 is 0 Å². The number of rotatable bonds is 7. The molecule has 0 heterocycles. The Morgan fingerprint density at radius 2 is 1.52 bits per heavy atom. The molecule has 0 unspecified atom stereocenters. The molecule has 0 spiro atoms. The fraction of sp³-hybridized carbons (Fsp3) is 0.458. The van der Waals surface area contributed by atoms with Crippen molar-refractivity contribution in [1.82, 2.24) is 4.90 Å². The number of nitrogens with zero attached hydrogens (tertiary/aromatic N) is 1. The van der Waals surface area contributed by atoms with E-state index in [2.05, 4.69) is 32.9 Å². The zero-order chi connectivity index (χ0) is 21.2. The first-order valence-corrected chi connectivity index (χ1v) is 9.99. The van der Waals surface area contributed by atoms with Gasteiger partial charge in [-0.05, 0) is 53.6 Å². The number of amides is 1. The molecule has 0 saturated heterocycles. The SMILES string of the molecule is COc1cc(CN(C(=O)c2ccc(C(C)(C)C)cc2)C2CC2)cc(OC)c1OC. The Morgan fingerprint density at radius 1 is 0.966 bits per heavy atom. The van der Waals surface area contributed by atoms with E-state index in [4.69, 9.17) is 14.2 Å². The predicted molar refractivity (Wildman–Crippen MR) is 114 cm³/mol. The highest BCUT2D eigenvalue weighted by molar-refractivity contribution is 5.94. The number of hydrogen-bond donors (Lipinski definition) is 0. The van der Waals surface area contributed by atoms with Crippen LogP contribution in [-0.4, -0.2) is 38.2 Å². The Labute approximate surface area is 173 Å². The van der Waals surface area contributed by atoms with Gasteiger partial charge in [0.05, 0.1) is 21.3 Å². The quantitative estimate of drug-likeness (QED) is 0.672. The molecule has 0 atom stereocenters. The van der Waals surface area contributed by atoms with Gasteiger partial charge in [0.25, 0.3) is 5.91 Å². The average molecular weight is 398 g/mol. The molecule has 156 valence electrons. The summed E-state index contributed by atoms with van der Waals surface area (Å²) in [6, 6.07) is 12.1. The van der Waals surface area contributed by atoms with Crippen molar-refractivity contribution >= 4 is 5.91 Å². The second-order valence-electron chi connectivity index (χ2n) is 8.53. The molecule has 1 aliphatic rings. The van der Waals surface area contributed by atoms with Crippen molar-refractivity contribution in [1.29, 1.82) is 0 Å². The van der Waals surface area contributed by atoms with Gasteiger partial charge in [-0.1, -0.05) is 32.9 Å². The number of ether oxygens (including phenoxy) is 3. The van der Waals surface area contributed by atoms with Crippen LogP contribution in [0.1, 0.15) is 55.1 Å². The van der Waals surface area contributed by atoms with Crippen LogP contribution in [0.25, 0.3) is 0 Å². The molecular formula is C24H31NO4. The molecule has 5 heteroatoms. The topological polar surface area (TPSA) is 48.0 Å². The fourth-order valence-corrected chi connectivity index (χ4v) is 3.45. The van der Waals surface area contributed by atoms with Gasteiger partial charge in [-0.2, -0.15) is 0 Å². The number of hydrogen-bond acceptors (Lipinski definition) is 4. The maximum absolute atomic E-state index is 13.3. The number of benzene rings is 2. The molecule has 0 N–H and O–H groups in total. The van der Waals surface area contributed by atoms with Crippen molar-refractivity contribution in [2.75, 3.05) is 21.3 Å². The molecule has 3 rings (SSSR count). The van der Waals surface area contributed by atoms with E-state index in [0.717, 1.165) is 24.0 Å². The van der Waals surface area contributed by atoms with E-state index in [1.54, 1.807) is 21.3 Å². The summed E-state index contributed by atoms with van der Waals surface area (Å²) < 4.78 is 16.3. The van der Waals surface area contributed by atoms with E-state index in [1.165, 1.54) is 5.56 Å². The maximum atomic E-state index is 13.3. The van der Waals surface area contributed by atoms with Crippen molar-refractivity contribution in [3.05, 3.63) is 53.1 Å². The minimum atomic E-state index is 0.0571. The van der Waals surface area contributed by atoms with E-state index in [-0.39, 0.29) is 17.4 Å². The molecule has 2 aromatic rings. The van der Waals surface area contributed by atoms with Crippen LogP contribution in [0.15, 0.2) is 36.4 Å². The highest BCUT2D eigenvalue weighted by Crippen LogP contribution is 2.39. The largest absolute Gasteiger partial charge is 0.493 e. The van der Waals surface area contributed by atoms with Crippen LogP contribution < -0.4 is 14.2 Å². The first kappa shape index (κ1) is 21.0. The number of carbonyl (C=O) groups excluding carboxylic acids is 1. The fourth-order valence-electron chi connectivity index (χ4n) is 3.45. The van der Waals surface area contributed by atoms with E-state index in [0.29, 0.717) is 23.8 Å². The third-order valence-corrected chi connectivity index (χ3v) is 5.32. The lowest BCUT2D eigenvalue weighted by Crippen LogP contribution is -2.32. The molecule has 0 aromatic heterocycles. The lowest BCUT2D eigenvalue weighted by atomic mass is 9.86. The second-order valence-corrected chi connectivity index (χ2v) is 8.53. The summed E-state index contributed by atoms with van der Waals surface area (Å²) in [5.41, 5.74) is 2.95. The van der Waals surface area contributed by atoms with Crippen molar-refractivity contribution in [2.24, 2.45) is 0 Å². The Hall–Kier alpha value is -2.69. The summed E-state index contributed by atoms with van der Waals surface area (Å²) >= 11 is 0. The Kier molecular flexibility index (Phi) is 6.06. The Balaban J connectivity index is 1.87. The molecule has 0 bridgehead atoms. The number of methoxy groups -OCH3 is 3. The van der Waals surface area contributed by atoms with E-state index in [9.17, 15) is 4.79 Å². The first-order valence-electron chi connectivity index (χ1n) is 9.99. The summed E-state index contributed by atoms with van der Waals surface area (Å²) in [5, 5.41) is 0. The van der Waals surface area contributed by atoms with Gasteiger partial charge >= 0.3 is 0 Å². The zero-order valence-electron chi connectivity index (χ0n) is 18.2. The minimum absolute atomic E-state index is 0.0571. The Bertz CT molecular complexity index is 838. The van der Waals surface area contributed by atoms with Crippen LogP contribution in [0.5, 0.6) is 17.2 Å². The van der Waals surface area contributed by atoms with Crippen molar-refractivity contribution < 1.29 is 19.0 Å². The van der Waals surface area contributed by atoms with Gasteiger partial charge in [0.1, 0.15) is 0 Å². The minimum Gasteiger partial charge on any atom is -0.493 e. The summed E-state index contributed by atoms with van der Waals surface area (Å²) in [4.78, 5) is 15.2. The molecule has 29 heavy (non-hydrogen) atoms. The van der Waals surface area contributed by atoms with Crippen LogP contribution in [0, 0.1) is 0 Å². The van der Waals surface area contributed by atoms with Gasteiger partial charge in [-0.3, -0.25) is 4.79 Å². The highest BCUT2D eigenvalue weighted by atomic mass is 16.5. The van der Waals surface area contributed by atoms with Crippen molar-refractivity contribution in [3.8, 4) is 17.2 Å².